The maximum Gasteiger partial charge on any atom is 0.0998 e. The summed E-state index contributed by atoms with van der Waals surface area (Å²) in [5, 5.41) is 33.4. The van der Waals surface area contributed by atoms with Crippen molar-refractivity contribution in [1.29, 1.82) is 15.8 Å². The first-order chi connectivity index (χ1) is 25.0. The normalized spacial score (nSPS) is 16.7. The van der Waals surface area contributed by atoms with E-state index in [1.54, 1.807) is 0 Å². The highest BCUT2D eigenvalue weighted by atomic mass is 15.0. The SMILES string of the molecule is CC1(c2ccc(-n3c4ccccc4c4ccccc43)cc2)C=CC(c2c(C#N)cccc2-n2c3c(c4ccc(C#N)cc42)C=C(C#N)CC3)=CC1. The third-order valence-electron chi connectivity index (χ3n) is 10.8. The smallest absolute Gasteiger partial charge is 0.0998 e. The molecule has 9 rings (SSSR count). The number of nitriles is 3. The van der Waals surface area contributed by atoms with Crippen LogP contribution in [0.15, 0.2) is 133 Å². The van der Waals surface area contributed by atoms with Crippen LogP contribution in [0.4, 0.5) is 0 Å². The fraction of sp³-hybridized carbons (Fsp3) is 0.109. The van der Waals surface area contributed by atoms with Crippen LogP contribution >= 0.6 is 0 Å². The average Bonchev–Trinajstić information content (AvgIpc) is 3.70. The summed E-state index contributed by atoms with van der Waals surface area (Å²) in [5.41, 5.74) is 12.2. The van der Waals surface area contributed by atoms with Gasteiger partial charge in [-0.1, -0.05) is 85.8 Å². The molecule has 0 fully saturated rings. The van der Waals surface area contributed by atoms with Crippen LogP contribution in [0.3, 0.4) is 0 Å². The minimum absolute atomic E-state index is 0.232. The molecule has 2 aliphatic carbocycles. The Hall–Kier alpha value is -6.87. The van der Waals surface area contributed by atoms with Gasteiger partial charge in [-0.3, -0.25) is 0 Å². The third kappa shape index (κ3) is 4.66. The summed E-state index contributed by atoms with van der Waals surface area (Å²) in [7, 11) is 0. The fourth-order valence-electron chi connectivity index (χ4n) is 8.15. The number of aromatic nitrogens is 2. The predicted octanol–water partition coefficient (Wildman–Crippen LogP) is 10.6. The number of allylic oxidation sites excluding steroid dienone is 5. The van der Waals surface area contributed by atoms with E-state index in [0.717, 1.165) is 56.7 Å². The van der Waals surface area contributed by atoms with Crippen molar-refractivity contribution in [3.8, 4) is 29.6 Å². The molecule has 2 heterocycles. The highest BCUT2D eigenvalue weighted by Crippen LogP contribution is 2.42. The van der Waals surface area contributed by atoms with Gasteiger partial charge >= 0.3 is 0 Å². The van der Waals surface area contributed by atoms with E-state index < -0.39 is 0 Å². The van der Waals surface area contributed by atoms with Crippen LogP contribution in [0.2, 0.25) is 0 Å². The lowest BCUT2D eigenvalue weighted by Gasteiger charge is -2.30. The van der Waals surface area contributed by atoms with E-state index in [1.807, 2.05) is 36.4 Å². The lowest BCUT2D eigenvalue weighted by molar-refractivity contribution is 0.601. The number of nitrogens with zero attached hydrogens (tertiary/aromatic N) is 5. The Labute approximate surface area is 296 Å². The van der Waals surface area contributed by atoms with Crippen LogP contribution < -0.4 is 0 Å². The van der Waals surface area contributed by atoms with Crippen molar-refractivity contribution in [3.05, 3.63) is 167 Å². The van der Waals surface area contributed by atoms with E-state index in [4.69, 9.17) is 0 Å². The van der Waals surface area contributed by atoms with E-state index >= 15 is 0 Å². The fourth-order valence-corrected chi connectivity index (χ4v) is 8.15. The van der Waals surface area contributed by atoms with Gasteiger partial charge in [0.25, 0.3) is 0 Å². The lowest BCUT2D eigenvalue weighted by Crippen LogP contribution is -2.20. The topological polar surface area (TPSA) is 81.2 Å². The summed E-state index contributed by atoms with van der Waals surface area (Å²) >= 11 is 0. The van der Waals surface area contributed by atoms with Gasteiger partial charge < -0.3 is 9.13 Å². The van der Waals surface area contributed by atoms with Crippen LogP contribution in [0.25, 0.3) is 55.7 Å². The summed E-state index contributed by atoms with van der Waals surface area (Å²) in [5.74, 6) is 0. The van der Waals surface area contributed by atoms with Gasteiger partial charge in [-0.2, -0.15) is 15.8 Å². The first-order valence-electron chi connectivity index (χ1n) is 17.2. The van der Waals surface area contributed by atoms with Gasteiger partial charge in [0.05, 0.1) is 51.6 Å². The standard InChI is InChI=1S/C46H31N5/c1-46(34-15-17-35(18-16-34)50-40-10-4-2-8-36(40)37-9-3-5-11-41(37)50)23-21-32(22-24-46)45-33(29-49)7-6-12-43(45)51-42-20-14-30(27-47)25-39(42)38-19-13-31(28-48)26-44(38)51/h2-13,15-19,21-23,25-26H,14,20,24H2,1H3. The summed E-state index contributed by atoms with van der Waals surface area (Å²) in [6.45, 7) is 2.27. The number of benzene rings is 5. The third-order valence-corrected chi connectivity index (χ3v) is 10.8. The largest absolute Gasteiger partial charge is 0.312 e. The number of rotatable bonds is 4. The number of para-hydroxylation sites is 2. The Kier molecular flexibility index (Phi) is 6.89. The van der Waals surface area contributed by atoms with E-state index in [-0.39, 0.29) is 5.41 Å². The second-order valence-corrected chi connectivity index (χ2v) is 13.7. The quantitative estimate of drug-likeness (QED) is 0.190. The van der Waals surface area contributed by atoms with Crippen LogP contribution in [-0.4, -0.2) is 9.13 Å². The molecular weight excluding hydrogens is 623 g/mol. The molecule has 0 bridgehead atoms. The Balaban J connectivity index is 1.11. The molecule has 0 amide bonds. The van der Waals surface area contributed by atoms with E-state index in [1.165, 1.54) is 27.4 Å². The molecule has 0 radical (unpaired) electrons. The van der Waals surface area contributed by atoms with Crippen LogP contribution in [0.1, 0.15) is 53.3 Å². The van der Waals surface area contributed by atoms with Gasteiger partial charge in [0.2, 0.25) is 0 Å². The molecule has 5 heteroatoms. The molecule has 2 aliphatic rings. The molecule has 1 atom stereocenters. The van der Waals surface area contributed by atoms with Gasteiger partial charge in [-0.15, -0.1) is 0 Å². The minimum atomic E-state index is -0.232. The molecule has 1 unspecified atom stereocenters. The van der Waals surface area contributed by atoms with Crippen molar-refractivity contribution < 1.29 is 0 Å². The van der Waals surface area contributed by atoms with Crippen LogP contribution in [-0.2, 0) is 11.8 Å². The maximum absolute atomic E-state index is 10.4. The second-order valence-electron chi connectivity index (χ2n) is 13.7. The Morgan fingerprint density at radius 2 is 1.41 bits per heavy atom. The van der Waals surface area contributed by atoms with Crippen molar-refractivity contribution in [2.45, 2.75) is 31.6 Å². The summed E-state index contributed by atoms with van der Waals surface area (Å²) in [6.07, 6.45) is 10.8. The van der Waals surface area contributed by atoms with E-state index in [9.17, 15) is 15.8 Å². The molecule has 2 aromatic heterocycles. The van der Waals surface area contributed by atoms with E-state index in [2.05, 4.69) is 131 Å². The van der Waals surface area contributed by atoms with Crippen molar-refractivity contribution in [2.75, 3.05) is 0 Å². The lowest BCUT2D eigenvalue weighted by atomic mass is 9.75. The van der Waals surface area contributed by atoms with Gasteiger partial charge in [-0.25, -0.2) is 0 Å². The molecule has 5 aromatic carbocycles. The monoisotopic (exact) mass is 653 g/mol. The molecule has 0 spiro atoms. The second kappa shape index (κ2) is 11.6. The van der Waals surface area contributed by atoms with Gasteiger partial charge in [0, 0.05) is 49.7 Å². The first-order valence-corrected chi connectivity index (χ1v) is 17.2. The zero-order valence-electron chi connectivity index (χ0n) is 28.1. The Bertz CT molecular complexity index is 2760. The average molecular weight is 654 g/mol. The van der Waals surface area contributed by atoms with Crippen molar-refractivity contribution in [3.63, 3.8) is 0 Å². The van der Waals surface area contributed by atoms with Crippen molar-refractivity contribution in [1.82, 2.24) is 9.13 Å². The predicted molar refractivity (Wildman–Crippen MR) is 204 cm³/mol. The zero-order chi connectivity index (χ0) is 34.7. The van der Waals surface area contributed by atoms with Gasteiger partial charge in [0.1, 0.15) is 0 Å². The van der Waals surface area contributed by atoms with E-state index in [0.29, 0.717) is 24.0 Å². The summed E-state index contributed by atoms with van der Waals surface area (Å²) in [4.78, 5) is 0. The molecule has 5 nitrogen and oxygen atoms in total. The van der Waals surface area contributed by atoms with Gasteiger partial charge in [-0.05, 0) is 85.0 Å². The van der Waals surface area contributed by atoms with Crippen molar-refractivity contribution in [2.24, 2.45) is 0 Å². The number of hydrogen-bond donors (Lipinski definition) is 0. The summed E-state index contributed by atoms with van der Waals surface area (Å²) in [6, 6.07) is 44.7. The molecule has 51 heavy (non-hydrogen) atoms. The number of hydrogen-bond acceptors (Lipinski definition) is 3. The molecule has 0 N–H and O–H groups in total. The van der Waals surface area contributed by atoms with Crippen LogP contribution in [0, 0.1) is 34.0 Å². The van der Waals surface area contributed by atoms with Gasteiger partial charge in [0.15, 0.2) is 0 Å². The molecular formula is C46H31N5. The molecule has 240 valence electrons. The highest BCUT2D eigenvalue weighted by Gasteiger charge is 2.29. The Morgan fingerprint density at radius 3 is 2.08 bits per heavy atom. The highest BCUT2D eigenvalue weighted by molar-refractivity contribution is 6.09. The maximum atomic E-state index is 10.4. The minimum Gasteiger partial charge on any atom is -0.312 e. The Morgan fingerprint density at radius 1 is 0.667 bits per heavy atom. The molecule has 0 saturated heterocycles. The first kappa shape index (κ1) is 30.2. The zero-order valence-corrected chi connectivity index (χ0v) is 28.1. The van der Waals surface area contributed by atoms with Crippen LogP contribution in [0.5, 0.6) is 0 Å². The van der Waals surface area contributed by atoms with Crippen molar-refractivity contribution >= 4 is 44.4 Å². The number of fused-ring (bicyclic) bond motifs is 6. The summed E-state index contributed by atoms with van der Waals surface area (Å²) < 4.78 is 4.55. The molecule has 0 saturated carbocycles. The molecule has 0 aliphatic heterocycles. The molecule has 7 aromatic rings.